The van der Waals surface area contributed by atoms with E-state index in [1.54, 1.807) is 24.3 Å². The van der Waals surface area contributed by atoms with Crippen LogP contribution < -0.4 is 28.4 Å². The Morgan fingerprint density at radius 2 is 1.21 bits per heavy atom. The van der Waals surface area contributed by atoms with E-state index in [0.29, 0.717) is 65.4 Å². The summed E-state index contributed by atoms with van der Waals surface area (Å²) in [6, 6.07) is 6.61. The fraction of sp³-hybridized carbons (Fsp3) is 0.375. The van der Waals surface area contributed by atoms with Crippen molar-refractivity contribution in [2.24, 2.45) is 0 Å². The SMILES string of the molecule is C#CCOc1ccc(/C=C/C(=O)O)c(OCCN(C)C)c1OC.C#CCOc1ccc(C=O)c(OCCN(C)C)c1OC. The van der Waals surface area contributed by atoms with Crippen molar-refractivity contribution in [1.29, 1.82) is 0 Å². The van der Waals surface area contributed by atoms with Crippen LogP contribution in [-0.2, 0) is 4.79 Å². The predicted octanol–water partition coefficient (Wildman–Crippen LogP) is 3.21. The number of hydrogen-bond acceptors (Lipinski definition) is 10. The standard InChI is InChI=1S/C17H21NO5.C15H19NO4/c1-5-11-22-14-8-6-13(7-9-15(19)20)16(17(14)21-4)23-12-10-18(2)3;1-5-9-19-13-7-6-12(11-17)14(15(13)18-4)20-10-8-16(2)3/h1,6-9H,10-12H2,2-4H3,(H,19,20);1,6-7,11H,8-10H2,2-4H3/b9-7+;. The third-order valence-electron chi connectivity index (χ3n) is 5.35. The summed E-state index contributed by atoms with van der Waals surface area (Å²) in [6.07, 6.45) is 13.6. The van der Waals surface area contributed by atoms with Gasteiger partial charge in [-0.05, 0) is 58.5 Å². The number of carboxylic acids is 1. The quantitative estimate of drug-likeness (QED) is 0.165. The first-order valence-electron chi connectivity index (χ1n) is 13.1. The van der Waals surface area contributed by atoms with Crippen molar-refractivity contribution in [3.63, 3.8) is 0 Å². The maximum absolute atomic E-state index is 11.1. The molecule has 2 aromatic rings. The highest BCUT2D eigenvalue weighted by Gasteiger charge is 2.18. The zero-order valence-corrected chi connectivity index (χ0v) is 25.5. The highest BCUT2D eigenvalue weighted by atomic mass is 16.5. The number of nitrogens with zero attached hydrogens (tertiary/aromatic N) is 2. The summed E-state index contributed by atoms with van der Waals surface area (Å²) in [4.78, 5) is 25.8. The first kappa shape index (κ1) is 36.2. The molecule has 0 saturated heterocycles. The Balaban J connectivity index is 0.000000434. The molecule has 0 heterocycles. The Labute approximate surface area is 253 Å². The number of aliphatic carboxylic acids is 1. The molecule has 0 aliphatic rings. The molecule has 232 valence electrons. The third kappa shape index (κ3) is 12.7. The van der Waals surface area contributed by atoms with Gasteiger partial charge in [0.05, 0.1) is 19.8 Å². The largest absolute Gasteiger partial charge is 0.490 e. The molecule has 0 spiro atoms. The Kier molecular flexibility index (Phi) is 16.9. The third-order valence-corrected chi connectivity index (χ3v) is 5.35. The van der Waals surface area contributed by atoms with Crippen LogP contribution in [0.5, 0.6) is 34.5 Å². The molecule has 0 aromatic heterocycles. The van der Waals surface area contributed by atoms with Crippen LogP contribution in [0.2, 0.25) is 0 Å². The Hall–Kier alpha value is -4.84. The minimum Gasteiger partial charge on any atom is -0.490 e. The summed E-state index contributed by atoms with van der Waals surface area (Å²) in [5.41, 5.74) is 0.990. The van der Waals surface area contributed by atoms with E-state index < -0.39 is 5.97 Å². The normalized spacial score (nSPS) is 10.3. The van der Waals surface area contributed by atoms with Gasteiger partial charge in [0.15, 0.2) is 29.3 Å². The van der Waals surface area contributed by atoms with Crippen molar-refractivity contribution >= 4 is 18.3 Å². The van der Waals surface area contributed by atoms with Crippen LogP contribution >= 0.6 is 0 Å². The lowest BCUT2D eigenvalue weighted by Crippen LogP contribution is -2.20. The number of carbonyl (C=O) groups is 2. The molecule has 0 unspecified atom stereocenters. The Morgan fingerprint density at radius 1 is 0.767 bits per heavy atom. The number of hydrogen-bond donors (Lipinski definition) is 1. The van der Waals surface area contributed by atoms with Crippen LogP contribution in [0.4, 0.5) is 0 Å². The van der Waals surface area contributed by atoms with E-state index in [-0.39, 0.29) is 13.2 Å². The molecular weight excluding hydrogens is 556 g/mol. The van der Waals surface area contributed by atoms with Gasteiger partial charge < -0.3 is 43.3 Å². The summed E-state index contributed by atoms with van der Waals surface area (Å²) < 4.78 is 32.9. The van der Waals surface area contributed by atoms with Crippen LogP contribution in [0.15, 0.2) is 30.3 Å². The number of benzene rings is 2. The van der Waals surface area contributed by atoms with Gasteiger partial charge in [-0.25, -0.2) is 4.79 Å². The van der Waals surface area contributed by atoms with E-state index in [0.717, 1.165) is 18.9 Å². The molecule has 43 heavy (non-hydrogen) atoms. The van der Waals surface area contributed by atoms with Crippen molar-refractivity contribution in [3.8, 4) is 59.2 Å². The maximum atomic E-state index is 11.1. The van der Waals surface area contributed by atoms with E-state index in [9.17, 15) is 9.59 Å². The second-order valence-electron chi connectivity index (χ2n) is 9.11. The van der Waals surface area contributed by atoms with Crippen LogP contribution in [0.3, 0.4) is 0 Å². The molecule has 2 rings (SSSR count). The van der Waals surface area contributed by atoms with Gasteiger partial charge in [-0.2, -0.15) is 0 Å². The summed E-state index contributed by atoms with van der Waals surface area (Å²) >= 11 is 0. The van der Waals surface area contributed by atoms with Crippen molar-refractivity contribution in [3.05, 3.63) is 41.5 Å². The molecule has 11 nitrogen and oxygen atoms in total. The van der Waals surface area contributed by atoms with Gasteiger partial charge in [0.25, 0.3) is 0 Å². The van der Waals surface area contributed by atoms with Gasteiger partial charge in [-0.3, -0.25) is 4.79 Å². The van der Waals surface area contributed by atoms with Gasteiger partial charge in [-0.15, -0.1) is 12.8 Å². The highest BCUT2D eigenvalue weighted by molar-refractivity contribution is 5.86. The zero-order chi connectivity index (χ0) is 32.2. The van der Waals surface area contributed by atoms with Gasteiger partial charge in [0.2, 0.25) is 11.5 Å². The predicted molar refractivity (Wildman–Crippen MR) is 165 cm³/mol. The minimum absolute atomic E-state index is 0.0950. The smallest absolute Gasteiger partial charge is 0.328 e. The molecule has 1 N–H and O–H groups in total. The maximum Gasteiger partial charge on any atom is 0.328 e. The second-order valence-corrected chi connectivity index (χ2v) is 9.11. The average Bonchev–Trinajstić information content (AvgIpc) is 2.98. The molecule has 0 amide bonds. The number of aldehydes is 1. The Morgan fingerprint density at radius 3 is 1.58 bits per heavy atom. The van der Waals surface area contributed by atoms with E-state index in [1.165, 1.54) is 20.3 Å². The first-order valence-corrected chi connectivity index (χ1v) is 13.1. The Bertz CT molecular complexity index is 1290. The summed E-state index contributed by atoms with van der Waals surface area (Å²) in [6.45, 7) is 2.47. The number of terminal acetylenes is 2. The van der Waals surface area contributed by atoms with Gasteiger partial charge >= 0.3 is 5.97 Å². The van der Waals surface area contributed by atoms with Gasteiger partial charge in [-0.1, -0.05) is 11.8 Å². The molecular formula is C32H40N2O9. The van der Waals surface area contributed by atoms with Crippen molar-refractivity contribution in [2.45, 2.75) is 0 Å². The molecule has 0 aliphatic carbocycles. The van der Waals surface area contributed by atoms with Crippen molar-refractivity contribution in [1.82, 2.24) is 9.80 Å². The number of rotatable bonds is 17. The summed E-state index contributed by atoms with van der Waals surface area (Å²) in [7, 11) is 10.7. The summed E-state index contributed by atoms with van der Waals surface area (Å²) in [5.74, 6) is 6.16. The fourth-order valence-corrected chi connectivity index (χ4v) is 3.32. The summed E-state index contributed by atoms with van der Waals surface area (Å²) in [5, 5.41) is 8.80. The van der Waals surface area contributed by atoms with Crippen molar-refractivity contribution < 1.29 is 43.1 Å². The number of carbonyl (C=O) groups excluding carboxylic acids is 1. The first-order chi connectivity index (χ1) is 20.6. The number of carboxylic acid groups (broad SMARTS) is 1. The molecule has 0 saturated carbocycles. The monoisotopic (exact) mass is 596 g/mol. The molecule has 0 aliphatic heterocycles. The van der Waals surface area contributed by atoms with E-state index in [2.05, 4.69) is 11.8 Å². The number of ether oxygens (including phenoxy) is 6. The molecule has 0 bridgehead atoms. The van der Waals surface area contributed by atoms with Crippen molar-refractivity contribution in [2.75, 3.05) is 81.9 Å². The van der Waals surface area contributed by atoms with Crippen LogP contribution in [-0.4, -0.2) is 109 Å². The van der Waals surface area contributed by atoms with Gasteiger partial charge in [0, 0.05) is 24.7 Å². The van der Waals surface area contributed by atoms with E-state index in [1.807, 2.05) is 38.0 Å². The molecule has 0 fully saturated rings. The lowest BCUT2D eigenvalue weighted by atomic mass is 10.1. The zero-order valence-electron chi connectivity index (χ0n) is 25.5. The van der Waals surface area contributed by atoms with Crippen LogP contribution in [0.1, 0.15) is 15.9 Å². The molecule has 2 aromatic carbocycles. The highest BCUT2D eigenvalue weighted by Crippen LogP contribution is 2.41. The molecule has 0 atom stereocenters. The average molecular weight is 597 g/mol. The molecule has 11 heteroatoms. The fourth-order valence-electron chi connectivity index (χ4n) is 3.32. The number of likely N-dealkylation sites (N-methyl/N-ethyl adjacent to an activating group) is 2. The van der Waals surface area contributed by atoms with Crippen LogP contribution in [0.25, 0.3) is 6.08 Å². The van der Waals surface area contributed by atoms with Crippen LogP contribution in [0, 0.1) is 24.7 Å². The minimum atomic E-state index is -1.05. The lowest BCUT2D eigenvalue weighted by molar-refractivity contribution is -0.131. The lowest BCUT2D eigenvalue weighted by Gasteiger charge is -2.18. The second kappa shape index (κ2) is 20.1. The van der Waals surface area contributed by atoms with E-state index >= 15 is 0 Å². The van der Waals surface area contributed by atoms with E-state index in [4.69, 9.17) is 46.4 Å². The molecule has 0 radical (unpaired) electrons. The van der Waals surface area contributed by atoms with Gasteiger partial charge in [0.1, 0.15) is 26.4 Å². The topological polar surface area (TPSA) is 116 Å². The number of methoxy groups -OCH3 is 2.